The Bertz CT molecular complexity index is 646. The summed E-state index contributed by atoms with van der Waals surface area (Å²) in [6, 6.07) is 13.2. The molecule has 0 spiro atoms. The molecule has 2 rings (SSSR count). The summed E-state index contributed by atoms with van der Waals surface area (Å²) in [6.07, 6.45) is 0. The van der Waals surface area contributed by atoms with Gasteiger partial charge in [-0.05, 0) is 36.8 Å². The molecule has 5 heteroatoms. The van der Waals surface area contributed by atoms with E-state index >= 15 is 0 Å². The molecule has 4 nitrogen and oxygen atoms in total. The van der Waals surface area contributed by atoms with E-state index in [9.17, 15) is 8.42 Å². The highest BCUT2D eigenvalue weighted by molar-refractivity contribution is 7.92. The van der Waals surface area contributed by atoms with Gasteiger partial charge in [-0.25, -0.2) is 8.42 Å². The van der Waals surface area contributed by atoms with Crippen LogP contribution in [0.3, 0.4) is 0 Å². The summed E-state index contributed by atoms with van der Waals surface area (Å²) in [4.78, 5) is 0.172. The van der Waals surface area contributed by atoms with Gasteiger partial charge in [-0.3, -0.25) is 4.72 Å². The number of anilines is 1. The zero-order valence-electron chi connectivity index (χ0n) is 10.5. The number of hydrogen-bond donors (Lipinski definition) is 2. The average Bonchev–Trinajstić information content (AvgIpc) is 2.41. The lowest BCUT2D eigenvalue weighted by Crippen LogP contribution is -2.12. The molecule has 0 heterocycles. The first kappa shape index (κ1) is 13.6. The van der Waals surface area contributed by atoms with Crippen LogP contribution in [0.5, 0.6) is 0 Å². The van der Waals surface area contributed by atoms with E-state index < -0.39 is 10.0 Å². The molecule has 0 aromatic heterocycles. The van der Waals surface area contributed by atoms with Gasteiger partial charge in [-0.15, -0.1) is 0 Å². The van der Waals surface area contributed by atoms with E-state index in [0.717, 1.165) is 5.56 Å². The van der Waals surface area contributed by atoms with Crippen molar-refractivity contribution in [3.05, 3.63) is 59.7 Å². The summed E-state index contributed by atoms with van der Waals surface area (Å²) in [5, 5.41) is 8.93. The topological polar surface area (TPSA) is 66.4 Å². The molecule has 0 saturated heterocycles. The molecule has 0 radical (unpaired) electrons. The summed E-state index contributed by atoms with van der Waals surface area (Å²) in [6.45, 7) is 1.83. The maximum absolute atomic E-state index is 12.1. The predicted octanol–water partition coefficient (Wildman–Crippen LogP) is 2.29. The molecule has 2 aromatic carbocycles. The summed E-state index contributed by atoms with van der Waals surface area (Å²) < 4.78 is 26.7. The molecule has 0 aliphatic carbocycles. The van der Waals surface area contributed by atoms with Crippen molar-refractivity contribution in [2.24, 2.45) is 0 Å². The fourth-order valence-corrected chi connectivity index (χ4v) is 2.67. The zero-order chi connectivity index (χ0) is 13.9. The molecule has 0 saturated carbocycles. The first-order valence-electron chi connectivity index (χ1n) is 5.80. The molecular weight excluding hydrogens is 262 g/mol. The Morgan fingerprint density at radius 3 is 2.11 bits per heavy atom. The molecule has 0 amide bonds. The second kappa shape index (κ2) is 5.42. The molecular formula is C14H15NO3S. The van der Waals surface area contributed by atoms with Crippen LogP contribution in [-0.2, 0) is 16.6 Å². The molecule has 19 heavy (non-hydrogen) atoms. The van der Waals surface area contributed by atoms with Crippen molar-refractivity contribution < 1.29 is 13.5 Å². The predicted molar refractivity (Wildman–Crippen MR) is 74.4 cm³/mol. The molecule has 0 unspecified atom stereocenters. The van der Waals surface area contributed by atoms with Gasteiger partial charge >= 0.3 is 0 Å². The van der Waals surface area contributed by atoms with Gasteiger partial charge in [-0.1, -0.05) is 29.8 Å². The lowest BCUT2D eigenvalue weighted by atomic mass is 10.2. The molecule has 0 aliphatic heterocycles. The fraction of sp³-hybridized carbons (Fsp3) is 0.143. The average molecular weight is 277 g/mol. The first-order valence-corrected chi connectivity index (χ1v) is 7.29. The van der Waals surface area contributed by atoms with E-state index in [1.165, 1.54) is 12.1 Å². The summed E-state index contributed by atoms with van der Waals surface area (Å²) in [5.74, 6) is 0. The Kier molecular flexibility index (Phi) is 3.87. The van der Waals surface area contributed by atoms with Crippen LogP contribution < -0.4 is 4.72 Å². The number of hydrogen-bond acceptors (Lipinski definition) is 3. The molecule has 100 valence electrons. The van der Waals surface area contributed by atoms with Crippen molar-refractivity contribution in [1.82, 2.24) is 0 Å². The van der Waals surface area contributed by atoms with Crippen LogP contribution >= 0.6 is 0 Å². The van der Waals surface area contributed by atoms with Crippen molar-refractivity contribution in [1.29, 1.82) is 0 Å². The van der Waals surface area contributed by atoms with Gasteiger partial charge in [-0.2, -0.15) is 0 Å². The smallest absolute Gasteiger partial charge is 0.261 e. The van der Waals surface area contributed by atoms with E-state index in [1.54, 1.807) is 24.3 Å². The number of aliphatic hydroxyl groups excluding tert-OH is 1. The van der Waals surface area contributed by atoms with Crippen LogP contribution in [0.25, 0.3) is 0 Å². The third kappa shape index (κ3) is 3.33. The van der Waals surface area contributed by atoms with Gasteiger partial charge in [0.25, 0.3) is 10.0 Å². The third-order valence-electron chi connectivity index (χ3n) is 2.72. The molecule has 2 N–H and O–H groups in total. The summed E-state index contributed by atoms with van der Waals surface area (Å²) in [7, 11) is -3.58. The van der Waals surface area contributed by atoms with Crippen LogP contribution in [0.2, 0.25) is 0 Å². The molecule has 0 aliphatic rings. The Labute approximate surface area is 112 Å². The lowest BCUT2D eigenvalue weighted by Gasteiger charge is -2.08. The Hall–Kier alpha value is -1.85. The van der Waals surface area contributed by atoms with Crippen LogP contribution in [0.15, 0.2) is 53.4 Å². The van der Waals surface area contributed by atoms with Crippen molar-refractivity contribution in [3.63, 3.8) is 0 Å². The van der Waals surface area contributed by atoms with Crippen LogP contribution in [0.1, 0.15) is 11.1 Å². The van der Waals surface area contributed by atoms with Crippen molar-refractivity contribution in [3.8, 4) is 0 Å². The Morgan fingerprint density at radius 2 is 1.58 bits per heavy atom. The fourth-order valence-electron chi connectivity index (χ4n) is 1.61. The van der Waals surface area contributed by atoms with E-state index in [1.807, 2.05) is 19.1 Å². The number of sulfonamides is 1. The number of benzene rings is 2. The number of aryl methyl sites for hydroxylation is 1. The minimum absolute atomic E-state index is 0.105. The molecule has 0 bridgehead atoms. The van der Waals surface area contributed by atoms with Crippen LogP contribution in [0.4, 0.5) is 5.69 Å². The minimum atomic E-state index is -3.58. The molecule has 0 fully saturated rings. The number of nitrogens with one attached hydrogen (secondary N) is 1. The highest BCUT2D eigenvalue weighted by Gasteiger charge is 2.13. The molecule has 0 atom stereocenters. The van der Waals surface area contributed by atoms with Crippen molar-refractivity contribution >= 4 is 15.7 Å². The van der Waals surface area contributed by atoms with E-state index in [-0.39, 0.29) is 11.5 Å². The molecule has 2 aromatic rings. The van der Waals surface area contributed by atoms with Gasteiger partial charge in [0.1, 0.15) is 0 Å². The Morgan fingerprint density at radius 1 is 1.00 bits per heavy atom. The van der Waals surface area contributed by atoms with Gasteiger partial charge < -0.3 is 5.11 Å². The number of rotatable bonds is 4. The normalized spacial score (nSPS) is 11.3. The maximum Gasteiger partial charge on any atom is 0.261 e. The van der Waals surface area contributed by atoms with Crippen molar-refractivity contribution in [2.45, 2.75) is 18.4 Å². The number of aliphatic hydroxyl groups is 1. The maximum atomic E-state index is 12.1. The van der Waals surface area contributed by atoms with E-state index in [2.05, 4.69) is 4.72 Å². The lowest BCUT2D eigenvalue weighted by molar-refractivity contribution is 0.282. The standard InChI is InChI=1S/C14H15NO3S/c1-11-2-6-13(7-3-11)15-19(17,18)14-8-4-12(10-16)5-9-14/h2-9,15-16H,10H2,1H3. The minimum Gasteiger partial charge on any atom is -0.392 e. The zero-order valence-corrected chi connectivity index (χ0v) is 11.3. The monoisotopic (exact) mass is 277 g/mol. The SMILES string of the molecule is Cc1ccc(NS(=O)(=O)c2ccc(CO)cc2)cc1. The third-order valence-corrected chi connectivity index (χ3v) is 4.12. The van der Waals surface area contributed by atoms with Gasteiger partial charge in [0, 0.05) is 5.69 Å². The Balaban J connectivity index is 2.24. The summed E-state index contributed by atoms with van der Waals surface area (Å²) >= 11 is 0. The van der Waals surface area contributed by atoms with Crippen molar-refractivity contribution in [2.75, 3.05) is 4.72 Å². The van der Waals surface area contributed by atoms with E-state index in [4.69, 9.17) is 5.11 Å². The van der Waals surface area contributed by atoms with Crippen LogP contribution in [0, 0.1) is 6.92 Å². The highest BCUT2D eigenvalue weighted by atomic mass is 32.2. The van der Waals surface area contributed by atoms with Gasteiger partial charge in [0.05, 0.1) is 11.5 Å². The quantitative estimate of drug-likeness (QED) is 0.901. The van der Waals surface area contributed by atoms with Crippen LogP contribution in [-0.4, -0.2) is 13.5 Å². The first-order chi connectivity index (χ1) is 9.01. The highest BCUT2D eigenvalue weighted by Crippen LogP contribution is 2.17. The van der Waals surface area contributed by atoms with E-state index in [0.29, 0.717) is 11.3 Å². The van der Waals surface area contributed by atoms with Gasteiger partial charge in [0.2, 0.25) is 0 Å². The summed E-state index contributed by atoms with van der Waals surface area (Å²) in [5.41, 5.74) is 2.27. The van der Waals surface area contributed by atoms with Gasteiger partial charge in [0.15, 0.2) is 0 Å². The largest absolute Gasteiger partial charge is 0.392 e. The second-order valence-corrected chi connectivity index (χ2v) is 5.96. The second-order valence-electron chi connectivity index (χ2n) is 4.27.